The summed E-state index contributed by atoms with van der Waals surface area (Å²) in [7, 11) is 0. The number of benzene rings is 2. The van der Waals surface area contributed by atoms with Gasteiger partial charge < -0.3 is 0 Å². The van der Waals surface area contributed by atoms with E-state index in [-0.39, 0.29) is 0 Å². The summed E-state index contributed by atoms with van der Waals surface area (Å²) in [4.78, 5) is 13.0. The topological polar surface area (TPSA) is 86.5 Å². The zero-order chi connectivity index (χ0) is 17.8. The molecule has 2 aromatic carbocycles. The Bertz CT molecular complexity index is 932. The Morgan fingerprint density at radius 2 is 1.68 bits per heavy atom. The molecule has 1 aromatic heterocycles. The van der Waals surface area contributed by atoms with Crippen LogP contribution in [0.2, 0.25) is 5.02 Å². The van der Waals surface area contributed by atoms with Gasteiger partial charge in [0.15, 0.2) is 0 Å². The molecule has 0 radical (unpaired) electrons. The molecule has 0 aliphatic heterocycles. The molecule has 3 rings (SSSR count). The van der Waals surface area contributed by atoms with Gasteiger partial charge in [-0.25, -0.2) is 0 Å². The number of aromatic nitrogens is 3. The van der Waals surface area contributed by atoms with Gasteiger partial charge in [-0.15, -0.1) is 0 Å². The molecule has 0 amide bonds. The standard InChI is InChI=1S/C17H14AsClN6/c1-10-3-2-4-13(19)14(10)22-17-24-15(18)23-16(25-17)21-12-7-5-11(9-20)6-8-12/h2-8H,18H2,1H3,(H2,21,22,23,24,25). The van der Waals surface area contributed by atoms with E-state index in [1.165, 1.54) is 16.9 Å². The normalized spacial score (nSPS) is 10.2. The molecule has 0 saturated carbocycles. The van der Waals surface area contributed by atoms with Crippen LogP contribution in [-0.2, 0) is 0 Å². The van der Waals surface area contributed by atoms with Gasteiger partial charge in [0.1, 0.15) is 0 Å². The summed E-state index contributed by atoms with van der Waals surface area (Å²) in [5.41, 5.74) is 3.15. The molecule has 1 unspecified atom stereocenters. The number of hydrogen-bond acceptors (Lipinski definition) is 6. The van der Waals surface area contributed by atoms with Crippen LogP contribution in [0.1, 0.15) is 11.1 Å². The fraction of sp³-hybridized carbons (Fsp3) is 0.0588. The number of anilines is 4. The number of nitrogens with one attached hydrogen (secondary N) is 2. The third kappa shape index (κ3) is 4.27. The Kier molecular flexibility index (Phi) is 5.18. The van der Waals surface area contributed by atoms with E-state index in [0.29, 0.717) is 27.1 Å². The number of halogens is 1. The zero-order valence-corrected chi connectivity index (χ0v) is 16.5. The molecular formula is C17H14AsClN6. The van der Waals surface area contributed by atoms with Gasteiger partial charge in [0.05, 0.1) is 0 Å². The molecule has 0 bridgehead atoms. The van der Waals surface area contributed by atoms with Gasteiger partial charge in [-0.2, -0.15) is 0 Å². The van der Waals surface area contributed by atoms with Crippen LogP contribution in [0.4, 0.5) is 23.3 Å². The second kappa shape index (κ2) is 7.52. The van der Waals surface area contributed by atoms with E-state index in [1.54, 1.807) is 24.3 Å². The fourth-order valence-corrected chi connectivity index (χ4v) is 2.95. The van der Waals surface area contributed by atoms with Crippen LogP contribution in [0, 0.1) is 18.3 Å². The van der Waals surface area contributed by atoms with Crippen LogP contribution < -0.4 is 15.2 Å². The van der Waals surface area contributed by atoms with Crippen molar-refractivity contribution in [3.8, 4) is 6.07 Å². The Labute approximate surface area is 158 Å². The first kappa shape index (κ1) is 17.2. The van der Waals surface area contributed by atoms with E-state index in [4.69, 9.17) is 16.9 Å². The van der Waals surface area contributed by atoms with Gasteiger partial charge in [-0.1, -0.05) is 0 Å². The van der Waals surface area contributed by atoms with Crippen LogP contribution in [0.3, 0.4) is 0 Å². The summed E-state index contributed by atoms with van der Waals surface area (Å²) in [6, 6.07) is 14.8. The molecule has 1 atom stereocenters. The van der Waals surface area contributed by atoms with Crippen molar-refractivity contribution in [1.82, 2.24) is 15.0 Å². The average Bonchev–Trinajstić information content (AvgIpc) is 2.58. The Morgan fingerprint density at radius 1 is 1.00 bits per heavy atom. The fourth-order valence-electron chi connectivity index (χ4n) is 2.16. The van der Waals surface area contributed by atoms with Gasteiger partial charge in [-0.3, -0.25) is 0 Å². The number of aryl methyl sites for hydroxylation is 1. The second-order valence-electron chi connectivity index (χ2n) is 5.21. The number of nitriles is 1. The number of rotatable bonds is 4. The van der Waals surface area contributed by atoms with E-state index >= 15 is 0 Å². The maximum absolute atomic E-state index is 8.86. The van der Waals surface area contributed by atoms with Crippen molar-refractivity contribution in [1.29, 1.82) is 5.26 Å². The second-order valence-corrected chi connectivity index (χ2v) is 6.70. The van der Waals surface area contributed by atoms with Gasteiger partial charge in [-0.05, 0) is 0 Å². The first-order valence-electron chi connectivity index (χ1n) is 7.36. The Morgan fingerprint density at radius 3 is 2.32 bits per heavy atom. The molecule has 0 spiro atoms. The number of para-hydroxylation sites is 1. The molecular weight excluding hydrogens is 399 g/mol. The average molecular weight is 413 g/mol. The predicted octanol–water partition coefficient (Wildman–Crippen LogP) is 2.45. The molecule has 25 heavy (non-hydrogen) atoms. The number of nitrogens with zero attached hydrogens (tertiary/aromatic N) is 4. The monoisotopic (exact) mass is 412 g/mol. The van der Waals surface area contributed by atoms with Crippen molar-refractivity contribution in [2.75, 3.05) is 10.6 Å². The molecule has 0 aliphatic rings. The third-order valence-electron chi connectivity index (χ3n) is 3.38. The Hall–Kier alpha value is -2.61. The van der Waals surface area contributed by atoms with E-state index in [1.807, 2.05) is 25.1 Å². The van der Waals surface area contributed by atoms with Crippen molar-refractivity contribution < 1.29 is 0 Å². The molecule has 1 heterocycles. The minimum atomic E-state index is 0.418. The Balaban J connectivity index is 1.86. The summed E-state index contributed by atoms with van der Waals surface area (Å²) in [6.07, 6.45) is 0. The van der Waals surface area contributed by atoms with Crippen molar-refractivity contribution in [3.05, 3.63) is 58.6 Å². The molecule has 2 N–H and O–H groups in total. The number of hydrogen-bond donors (Lipinski definition) is 2. The molecule has 0 aliphatic carbocycles. The zero-order valence-electron chi connectivity index (χ0n) is 13.3. The molecule has 8 heteroatoms. The molecule has 0 fully saturated rings. The SMILES string of the molecule is Cc1cccc(Cl)c1Nc1nc([AsH2])nc(Nc2ccc(C#N)cc2)n1. The van der Waals surface area contributed by atoms with E-state index < -0.39 is 0 Å². The van der Waals surface area contributed by atoms with Gasteiger partial charge >= 0.3 is 159 Å². The van der Waals surface area contributed by atoms with Crippen molar-refractivity contribution in [2.24, 2.45) is 0 Å². The van der Waals surface area contributed by atoms with E-state index in [9.17, 15) is 0 Å². The van der Waals surface area contributed by atoms with Gasteiger partial charge in [0, 0.05) is 0 Å². The van der Waals surface area contributed by atoms with Crippen LogP contribution in [0.15, 0.2) is 42.5 Å². The minimum absolute atomic E-state index is 0.418. The van der Waals surface area contributed by atoms with Crippen LogP contribution in [0.5, 0.6) is 0 Å². The molecule has 3 aromatic rings. The predicted molar refractivity (Wildman–Crippen MR) is 102 cm³/mol. The summed E-state index contributed by atoms with van der Waals surface area (Å²) >= 11 is 7.54. The maximum atomic E-state index is 8.86. The summed E-state index contributed by atoms with van der Waals surface area (Å²) in [5.74, 6) is 0.841. The summed E-state index contributed by atoms with van der Waals surface area (Å²) in [5, 5.41) is 15.7. The first-order valence-corrected chi connectivity index (χ1v) is 8.95. The van der Waals surface area contributed by atoms with Crippen LogP contribution >= 0.6 is 11.6 Å². The van der Waals surface area contributed by atoms with Crippen LogP contribution in [0.25, 0.3) is 0 Å². The van der Waals surface area contributed by atoms with E-state index in [0.717, 1.165) is 16.9 Å². The van der Waals surface area contributed by atoms with E-state index in [2.05, 4.69) is 31.7 Å². The van der Waals surface area contributed by atoms with Gasteiger partial charge in [0.25, 0.3) is 0 Å². The molecule has 0 saturated heterocycles. The summed E-state index contributed by atoms with van der Waals surface area (Å²) in [6.45, 7) is 1.96. The van der Waals surface area contributed by atoms with Crippen molar-refractivity contribution in [2.45, 2.75) is 6.92 Å². The summed E-state index contributed by atoms with van der Waals surface area (Å²) < 4.78 is 0.630. The molecule has 124 valence electrons. The van der Waals surface area contributed by atoms with Crippen molar-refractivity contribution in [3.63, 3.8) is 0 Å². The van der Waals surface area contributed by atoms with Crippen molar-refractivity contribution >= 4 is 56.3 Å². The quantitative estimate of drug-likeness (QED) is 0.640. The van der Waals surface area contributed by atoms with Crippen LogP contribution in [-0.4, -0.2) is 31.8 Å². The molecule has 6 nitrogen and oxygen atoms in total. The third-order valence-corrected chi connectivity index (χ3v) is 4.24. The first-order chi connectivity index (χ1) is 12.0. The van der Waals surface area contributed by atoms with Gasteiger partial charge in [0.2, 0.25) is 0 Å².